The summed E-state index contributed by atoms with van der Waals surface area (Å²) in [4.78, 5) is 20.4. The number of furan rings is 1. The lowest BCUT2D eigenvalue weighted by atomic mass is 10.0. The van der Waals surface area contributed by atoms with Crippen molar-refractivity contribution in [3.05, 3.63) is 69.4 Å². The third-order valence-corrected chi connectivity index (χ3v) is 6.23. The summed E-state index contributed by atoms with van der Waals surface area (Å²) in [6, 6.07) is 9.95. The maximum Gasteiger partial charge on any atom is 0.253 e. The number of rotatable bonds is 10. The van der Waals surface area contributed by atoms with E-state index in [-0.39, 0.29) is 5.56 Å². The number of aromatic amines is 1. The van der Waals surface area contributed by atoms with Gasteiger partial charge in [0.15, 0.2) is 5.11 Å². The molecule has 0 bridgehead atoms. The van der Waals surface area contributed by atoms with Gasteiger partial charge in [-0.1, -0.05) is 19.9 Å². The average Bonchev–Trinajstić information content (AvgIpc) is 3.28. The highest BCUT2D eigenvalue weighted by Crippen LogP contribution is 2.19. The number of H-pyrrole nitrogens is 1. The number of thiocarbonyl (C=S) groups is 1. The Kier molecular flexibility index (Phi) is 8.47. The minimum atomic E-state index is -0.0647. The Hall–Kier alpha value is -2.64. The molecule has 172 valence electrons. The third kappa shape index (κ3) is 6.20. The van der Waals surface area contributed by atoms with Crippen molar-refractivity contribution in [2.24, 2.45) is 0 Å². The van der Waals surface area contributed by atoms with Gasteiger partial charge in [-0.3, -0.25) is 4.79 Å². The van der Waals surface area contributed by atoms with E-state index < -0.39 is 0 Å². The van der Waals surface area contributed by atoms with Crippen LogP contribution in [0.15, 0.2) is 45.8 Å². The van der Waals surface area contributed by atoms with E-state index in [9.17, 15) is 4.79 Å². The Morgan fingerprint density at radius 2 is 1.94 bits per heavy atom. The van der Waals surface area contributed by atoms with Crippen LogP contribution in [0.3, 0.4) is 0 Å². The van der Waals surface area contributed by atoms with Crippen molar-refractivity contribution < 1.29 is 4.42 Å². The average molecular weight is 455 g/mol. The fourth-order valence-corrected chi connectivity index (χ4v) is 4.23. The molecule has 2 heterocycles. The van der Waals surface area contributed by atoms with Gasteiger partial charge in [0.25, 0.3) is 5.56 Å². The van der Waals surface area contributed by atoms with Crippen LogP contribution >= 0.6 is 12.2 Å². The first-order valence-corrected chi connectivity index (χ1v) is 11.7. The number of hydrogen-bond acceptors (Lipinski definition) is 4. The first-order chi connectivity index (χ1) is 15.4. The van der Waals surface area contributed by atoms with Gasteiger partial charge in [-0.15, -0.1) is 0 Å². The van der Waals surface area contributed by atoms with E-state index in [1.54, 1.807) is 6.26 Å². The van der Waals surface area contributed by atoms with Crippen LogP contribution in [-0.4, -0.2) is 46.1 Å². The molecule has 3 rings (SSSR count). The van der Waals surface area contributed by atoms with Crippen molar-refractivity contribution >= 4 is 28.2 Å². The molecule has 0 aliphatic carbocycles. The summed E-state index contributed by atoms with van der Waals surface area (Å²) in [5, 5.41) is 4.98. The summed E-state index contributed by atoms with van der Waals surface area (Å²) in [6.07, 6.45) is 2.62. The van der Waals surface area contributed by atoms with Crippen LogP contribution in [0.2, 0.25) is 0 Å². The molecule has 2 aromatic heterocycles. The highest BCUT2D eigenvalue weighted by atomic mass is 32.1. The van der Waals surface area contributed by atoms with Crippen molar-refractivity contribution in [3.8, 4) is 0 Å². The molecule has 0 spiro atoms. The second-order valence-electron chi connectivity index (χ2n) is 8.21. The summed E-state index contributed by atoms with van der Waals surface area (Å²) in [5.41, 5.74) is 3.83. The van der Waals surface area contributed by atoms with E-state index in [0.717, 1.165) is 66.0 Å². The van der Waals surface area contributed by atoms with Crippen LogP contribution in [0.25, 0.3) is 10.9 Å². The molecule has 0 unspecified atom stereocenters. The molecule has 0 fully saturated rings. The standard InChI is InChI=1S/C25H34N4O2S/c1-5-28(6-2)10-8-11-29(25(32)26-16-21-9-7-12-31-21)17-20-15-22-19(4)13-18(3)14-23(22)27-24(20)30/h7,9,12-15H,5-6,8,10-11,16-17H2,1-4H3,(H,26,32)(H,27,30). The van der Waals surface area contributed by atoms with Crippen molar-refractivity contribution in [3.63, 3.8) is 0 Å². The zero-order chi connectivity index (χ0) is 23.1. The normalized spacial score (nSPS) is 11.3. The lowest BCUT2D eigenvalue weighted by Gasteiger charge is -2.27. The molecule has 0 aliphatic heterocycles. The summed E-state index contributed by atoms with van der Waals surface area (Å²) in [5.74, 6) is 0.824. The first-order valence-electron chi connectivity index (χ1n) is 11.3. The molecule has 0 amide bonds. The van der Waals surface area contributed by atoms with Crippen LogP contribution < -0.4 is 10.9 Å². The predicted octanol–water partition coefficient (Wildman–Crippen LogP) is 4.35. The SMILES string of the molecule is CCN(CC)CCCN(Cc1cc2c(C)cc(C)cc2[nH]c1=O)C(=S)NCc1ccco1. The molecule has 2 N–H and O–H groups in total. The zero-order valence-corrected chi connectivity index (χ0v) is 20.3. The molecule has 0 saturated heterocycles. The van der Waals surface area contributed by atoms with Crippen LogP contribution in [0.1, 0.15) is 42.7 Å². The van der Waals surface area contributed by atoms with Gasteiger partial charge < -0.3 is 24.5 Å². The molecule has 1 aromatic carbocycles. The number of benzene rings is 1. The number of hydrogen-bond donors (Lipinski definition) is 2. The van der Waals surface area contributed by atoms with E-state index in [2.05, 4.69) is 46.9 Å². The fourth-order valence-electron chi connectivity index (χ4n) is 4.00. The summed E-state index contributed by atoms with van der Waals surface area (Å²) < 4.78 is 5.41. The van der Waals surface area contributed by atoms with Gasteiger partial charge in [0.1, 0.15) is 5.76 Å². The lowest BCUT2D eigenvalue weighted by Crippen LogP contribution is -2.41. The highest BCUT2D eigenvalue weighted by molar-refractivity contribution is 7.80. The predicted molar refractivity (Wildman–Crippen MR) is 135 cm³/mol. The van der Waals surface area contributed by atoms with Crippen molar-refractivity contribution in [1.29, 1.82) is 0 Å². The summed E-state index contributed by atoms with van der Waals surface area (Å²) >= 11 is 5.71. The van der Waals surface area contributed by atoms with Crippen molar-refractivity contribution in [2.75, 3.05) is 26.2 Å². The Bertz CT molecular complexity index is 1090. The van der Waals surface area contributed by atoms with Crippen LogP contribution in [0, 0.1) is 13.8 Å². The first kappa shape index (κ1) is 24.0. The van der Waals surface area contributed by atoms with E-state index in [0.29, 0.717) is 18.2 Å². The molecule has 3 aromatic rings. The maximum atomic E-state index is 12.9. The molecule has 6 nitrogen and oxygen atoms in total. The number of pyridine rings is 1. The molecule has 0 aliphatic rings. The summed E-state index contributed by atoms with van der Waals surface area (Å²) in [7, 11) is 0. The van der Waals surface area contributed by atoms with E-state index in [1.165, 1.54) is 0 Å². The molecule has 0 atom stereocenters. The van der Waals surface area contributed by atoms with E-state index in [4.69, 9.17) is 16.6 Å². The number of nitrogens with zero attached hydrogens (tertiary/aromatic N) is 2. The Labute approximate surface area is 195 Å². The van der Waals surface area contributed by atoms with E-state index >= 15 is 0 Å². The second kappa shape index (κ2) is 11.3. The van der Waals surface area contributed by atoms with Gasteiger partial charge in [-0.05, 0) is 87.5 Å². The van der Waals surface area contributed by atoms with Gasteiger partial charge in [0.05, 0.1) is 19.4 Å². The molecular weight excluding hydrogens is 420 g/mol. The van der Waals surface area contributed by atoms with Gasteiger partial charge in [-0.2, -0.15) is 0 Å². The molecule has 0 radical (unpaired) electrons. The second-order valence-corrected chi connectivity index (χ2v) is 8.59. The van der Waals surface area contributed by atoms with E-state index in [1.807, 2.05) is 31.2 Å². The summed E-state index contributed by atoms with van der Waals surface area (Å²) in [6.45, 7) is 13.3. The lowest BCUT2D eigenvalue weighted by molar-refractivity contribution is 0.279. The molecule has 0 saturated carbocycles. The minimum absolute atomic E-state index is 0.0647. The smallest absolute Gasteiger partial charge is 0.253 e. The van der Waals surface area contributed by atoms with Crippen LogP contribution in [-0.2, 0) is 13.1 Å². The van der Waals surface area contributed by atoms with Gasteiger partial charge >= 0.3 is 0 Å². The quantitative estimate of drug-likeness (QED) is 0.444. The van der Waals surface area contributed by atoms with Gasteiger partial charge in [0.2, 0.25) is 0 Å². The van der Waals surface area contributed by atoms with Gasteiger partial charge in [0, 0.05) is 23.0 Å². The Morgan fingerprint density at radius 1 is 1.16 bits per heavy atom. The number of aryl methyl sites for hydroxylation is 2. The Morgan fingerprint density at radius 3 is 2.62 bits per heavy atom. The fraction of sp³-hybridized carbons (Fsp3) is 0.440. The number of aromatic nitrogens is 1. The topological polar surface area (TPSA) is 64.5 Å². The number of fused-ring (bicyclic) bond motifs is 1. The van der Waals surface area contributed by atoms with Crippen LogP contribution in [0.4, 0.5) is 0 Å². The van der Waals surface area contributed by atoms with Gasteiger partial charge in [-0.25, -0.2) is 0 Å². The maximum absolute atomic E-state index is 12.9. The highest BCUT2D eigenvalue weighted by Gasteiger charge is 2.15. The Balaban J connectivity index is 1.79. The van der Waals surface area contributed by atoms with Crippen molar-refractivity contribution in [2.45, 2.75) is 47.2 Å². The minimum Gasteiger partial charge on any atom is -0.467 e. The van der Waals surface area contributed by atoms with Crippen molar-refractivity contribution in [1.82, 2.24) is 20.1 Å². The molecular formula is C25H34N4O2S. The third-order valence-electron chi connectivity index (χ3n) is 5.83. The van der Waals surface area contributed by atoms with Crippen LogP contribution in [0.5, 0.6) is 0 Å². The largest absolute Gasteiger partial charge is 0.467 e. The molecule has 32 heavy (non-hydrogen) atoms. The zero-order valence-electron chi connectivity index (χ0n) is 19.5. The molecule has 7 heteroatoms. The number of nitrogens with one attached hydrogen (secondary N) is 2. The monoisotopic (exact) mass is 454 g/mol.